The highest BCUT2D eigenvalue weighted by Gasteiger charge is 2.27. The molecule has 0 spiro atoms. The number of ether oxygens (including phenoxy) is 1. The third kappa shape index (κ3) is 2.81. The second-order valence-electron chi connectivity index (χ2n) is 3.89. The number of amides is 1. The van der Waals surface area contributed by atoms with E-state index in [4.69, 9.17) is 4.74 Å². The van der Waals surface area contributed by atoms with Gasteiger partial charge in [0.05, 0.1) is 24.4 Å². The molecule has 0 aliphatic carbocycles. The van der Waals surface area contributed by atoms with Gasteiger partial charge in [0.15, 0.2) is 0 Å². The van der Waals surface area contributed by atoms with Gasteiger partial charge < -0.3 is 15.4 Å². The van der Waals surface area contributed by atoms with Gasteiger partial charge >= 0.3 is 5.97 Å². The Morgan fingerprint density at radius 1 is 1.44 bits per heavy atom. The summed E-state index contributed by atoms with van der Waals surface area (Å²) in [4.78, 5) is 23.2. The maximum atomic E-state index is 11.8. The summed E-state index contributed by atoms with van der Waals surface area (Å²) in [6.45, 7) is 2.05. The molecule has 0 bridgehead atoms. The number of esters is 1. The molecule has 1 heterocycles. The highest BCUT2D eigenvalue weighted by molar-refractivity contribution is 9.10. The van der Waals surface area contributed by atoms with Gasteiger partial charge in [-0.25, -0.2) is 0 Å². The lowest BCUT2D eigenvalue weighted by molar-refractivity contribution is -0.144. The molecule has 1 atom stereocenters. The fraction of sp³-hybridized carbons (Fsp3) is 0.333. The van der Waals surface area contributed by atoms with Crippen LogP contribution in [0.5, 0.6) is 0 Å². The minimum Gasteiger partial charge on any atom is -0.466 e. The van der Waals surface area contributed by atoms with E-state index < -0.39 is 6.04 Å². The fourth-order valence-electron chi connectivity index (χ4n) is 1.75. The summed E-state index contributed by atoms with van der Waals surface area (Å²) in [5.41, 5.74) is 1.50. The van der Waals surface area contributed by atoms with E-state index in [1.54, 1.807) is 13.0 Å². The van der Waals surface area contributed by atoms with Crippen molar-refractivity contribution >= 4 is 39.2 Å². The molecule has 0 radical (unpaired) electrons. The first-order chi connectivity index (χ1) is 8.60. The Hall–Kier alpha value is -1.56. The predicted octanol–water partition coefficient (Wildman–Crippen LogP) is 2.13. The summed E-state index contributed by atoms with van der Waals surface area (Å²) in [5.74, 6) is -0.610. The van der Waals surface area contributed by atoms with Crippen LogP contribution in [-0.2, 0) is 14.3 Å². The summed E-state index contributed by atoms with van der Waals surface area (Å²) < 4.78 is 5.74. The molecule has 96 valence electrons. The van der Waals surface area contributed by atoms with Gasteiger partial charge in [-0.1, -0.05) is 15.9 Å². The zero-order valence-electron chi connectivity index (χ0n) is 9.83. The minimum atomic E-state index is -0.592. The van der Waals surface area contributed by atoms with Gasteiger partial charge in [-0.2, -0.15) is 0 Å². The summed E-state index contributed by atoms with van der Waals surface area (Å²) >= 11 is 3.36. The molecule has 1 aliphatic rings. The molecule has 1 unspecified atom stereocenters. The number of fused-ring (bicyclic) bond motifs is 1. The van der Waals surface area contributed by atoms with Crippen molar-refractivity contribution in [2.75, 3.05) is 17.2 Å². The van der Waals surface area contributed by atoms with Crippen LogP contribution in [-0.4, -0.2) is 24.5 Å². The van der Waals surface area contributed by atoms with E-state index in [0.29, 0.717) is 12.3 Å². The molecule has 1 aliphatic heterocycles. The monoisotopic (exact) mass is 312 g/mol. The molecule has 0 aromatic heterocycles. The molecule has 0 saturated heterocycles. The van der Waals surface area contributed by atoms with Crippen LogP contribution in [0.15, 0.2) is 22.7 Å². The van der Waals surface area contributed by atoms with Crippen molar-refractivity contribution in [3.8, 4) is 0 Å². The molecule has 18 heavy (non-hydrogen) atoms. The maximum Gasteiger partial charge on any atom is 0.308 e. The van der Waals surface area contributed by atoms with Crippen LogP contribution in [0.1, 0.15) is 13.3 Å². The first kappa shape index (κ1) is 12.9. The van der Waals surface area contributed by atoms with Crippen LogP contribution in [0.25, 0.3) is 0 Å². The molecule has 1 aromatic carbocycles. The van der Waals surface area contributed by atoms with Gasteiger partial charge in [0.25, 0.3) is 0 Å². The first-order valence-electron chi connectivity index (χ1n) is 5.62. The van der Waals surface area contributed by atoms with Crippen LogP contribution in [0, 0.1) is 0 Å². The molecule has 1 amide bonds. The average molecular weight is 313 g/mol. The summed E-state index contributed by atoms with van der Waals surface area (Å²) in [7, 11) is 0. The van der Waals surface area contributed by atoms with E-state index in [-0.39, 0.29) is 18.3 Å². The minimum absolute atomic E-state index is 0.0195. The van der Waals surface area contributed by atoms with E-state index in [0.717, 1.165) is 10.2 Å². The van der Waals surface area contributed by atoms with Crippen LogP contribution in [0.3, 0.4) is 0 Å². The fourth-order valence-corrected chi connectivity index (χ4v) is 2.11. The number of hydrogen-bond donors (Lipinski definition) is 2. The second-order valence-corrected chi connectivity index (χ2v) is 4.80. The van der Waals surface area contributed by atoms with E-state index >= 15 is 0 Å². The van der Waals surface area contributed by atoms with Crippen LogP contribution in [0.4, 0.5) is 11.4 Å². The zero-order valence-corrected chi connectivity index (χ0v) is 11.4. The maximum absolute atomic E-state index is 11.8. The number of carbonyl (C=O) groups is 2. The molecule has 0 fully saturated rings. The number of anilines is 2. The second kappa shape index (κ2) is 5.39. The highest BCUT2D eigenvalue weighted by Crippen LogP contribution is 2.30. The highest BCUT2D eigenvalue weighted by atomic mass is 79.9. The Bertz CT molecular complexity index is 490. The van der Waals surface area contributed by atoms with Crippen molar-refractivity contribution in [3.63, 3.8) is 0 Å². The number of carbonyl (C=O) groups excluding carboxylic acids is 2. The third-order valence-electron chi connectivity index (χ3n) is 2.56. The van der Waals surface area contributed by atoms with Gasteiger partial charge in [0.1, 0.15) is 6.04 Å². The number of halogens is 1. The van der Waals surface area contributed by atoms with Crippen molar-refractivity contribution in [2.24, 2.45) is 0 Å². The van der Waals surface area contributed by atoms with Gasteiger partial charge in [0, 0.05) is 4.47 Å². The SMILES string of the molecule is CCOC(=O)CC1Nc2cc(Br)ccc2NC1=O. The van der Waals surface area contributed by atoms with Crippen LogP contribution < -0.4 is 10.6 Å². The molecule has 2 rings (SSSR count). The smallest absolute Gasteiger partial charge is 0.308 e. The third-order valence-corrected chi connectivity index (χ3v) is 3.06. The molecule has 2 N–H and O–H groups in total. The summed E-state index contributed by atoms with van der Waals surface area (Å²) in [6.07, 6.45) is 0.0195. The van der Waals surface area contributed by atoms with Crippen LogP contribution >= 0.6 is 15.9 Å². The van der Waals surface area contributed by atoms with E-state index in [1.165, 1.54) is 0 Å². The molecule has 6 heteroatoms. The van der Waals surface area contributed by atoms with Gasteiger partial charge in [-0.05, 0) is 25.1 Å². The summed E-state index contributed by atoms with van der Waals surface area (Å²) in [5, 5.41) is 5.79. The number of rotatable bonds is 3. The first-order valence-corrected chi connectivity index (χ1v) is 6.42. The van der Waals surface area contributed by atoms with Crippen molar-refractivity contribution < 1.29 is 14.3 Å². The average Bonchev–Trinajstić information content (AvgIpc) is 2.31. The van der Waals surface area contributed by atoms with Crippen molar-refractivity contribution in [2.45, 2.75) is 19.4 Å². The Kier molecular flexibility index (Phi) is 3.86. The van der Waals surface area contributed by atoms with E-state index in [1.807, 2.05) is 12.1 Å². The standard InChI is InChI=1S/C12H13BrN2O3/c1-2-18-11(16)6-10-12(17)15-8-4-3-7(13)5-9(8)14-10/h3-5,10,14H,2,6H2,1H3,(H,15,17). The lowest BCUT2D eigenvalue weighted by Crippen LogP contribution is -2.40. The number of benzene rings is 1. The summed E-state index contributed by atoms with van der Waals surface area (Å²) in [6, 6.07) is 4.90. The van der Waals surface area contributed by atoms with Crippen molar-refractivity contribution in [1.29, 1.82) is 0 Å². The van der Waals surface area contributed by atoms with E-state index in [9.17, 15) is 9.59 Å². The topological polar surface area (TPSA) is 67.4 Å². The Morgan fingerprint density at radius 2 is 2.22 bits per heavy atom. The zero-order chi connectivity index (χ0) is 13.1. The van der Waals surface area contributed by atoms with Gasteiger partial charge in [-0.15, -0.1) is 0 Å². The molecule has 1 aromatic rings. The molecular weight excluding hydrogens is 300 g/mol. The van der Waals surface area contributed by atoms with Crippen molar-refractivity contribution in [1.82, 2.24) is 0 Å². The lowest BCUT2D eigenvalue weighted by atomic mass is 10.1. The van der Waals surface area contributed by atoms with Gasteiger partial charge in [0.2, 0.25) is 5.91 Å². The van der Waals surface area contributed by atoms with Crippen LogP contribution in [0.2, 0.25) is 0 Å². The molecule has 0 saturated carbocycles. The lowest BCUT2D eigenvalue weighted by Gasteiger charge is -2.26. The largest absolute Gasteiger partial charge is 0.466 e. The number of hydrogen-bond acceptors (Lipinski definition) is 4. The Morgan fingerprint density at radius 3 is 2.94 bits per heavy atom. The Labute approximate surface area is 113 Å². The van der Waals surface area contributed by atoms with E-state index in [2.05, 4.69) is 26.6 Å². The Balaban J connectivity index is 2.12. The molecular formula is C12H13BrN2O3. The molecule has 5 nitrogen and oxygen atoms in total. The van der Waals surface area contributed by atoms with Crippen molar-refractivity contribution in [3.05, 3.63) is 22.7 Å². The number of nitrogens with one attached hydrogen (secondary N) is 2. The predicted molar refractivity (Wildman–Crippen MR) is 71.4 cm³/mol. The quantitative estimate of drug-likeness (QED) is 0.839. The normalized spacial score (nSPS) is 17.4. The van der Waals surface area contributed by atoms with Gasteiger partial charge in [-0.3, -0.25) is 9.59 Å².